The monoisotopic (exact) mass is 439 g/mol. The van der Waals surface area contributed by atoms with Gasteiger partial charge in [-0.25, -0.2) is 4.79 Å². The van der Waals surface area contributed by atoms with Gasteiger partial charge in [-0.1, -0.05) is 6.07 Å². The van der Waals surface area contributed by atoms with Gasteiger partial charge in [-0.2, -0.15) is 0 Å². The summed E-state index contributed by atoms with van der Waals surface area (Å²) in [4.78, 5) is 39.7. The molecule has 168 valence electrons. The van der Waals surface area contributed by atoms with Crippen LogP contribution < -0.4 is 24.8 Å². The molecular weight excluding hydrogens is 414 g/mol. The number of ether oxygens (including phenoxy) is 3. The van der Waals surface area contributed by atoms with Gasteiger partial charge in [0.1, 0.15) is 17.8 Å². The van der Waals surface area contributed by atoms with E-state index in [-0.39, 0.29) is 0 Å². The van der Waals surface area contributed by atoms with Crippen molar-refractivity contribution in [2.24, 2.45) is 0 Å². The minimum Gasteiger partial charge on any atom is -0.497 e. The summed E-state index contributed by atoms with van der Waals surface area (Å²) in [5.74, 6) is 0.756. The summed E-state index contributed by atoms with van der Waals surface area (Å²) in [6.45, 7) is -0.397. The number of aryl methyl sites for hydroxylation is 1. The van der Waals surface area contributed by atoms with Crippen molar-refractivity contribution < 1.29 is 28.6 Å². The number of benzene rings is 2. The lowest BCUT2D eigenvalue weighted by molar-refractivity contribution is -0.134. The Labute approximate surface area is 185 Å². The Balaban J connectivity index is 1.53. The largest absolute Gasteiger partial charge is 0.497 e. The Hall–Kier alpha value is -3.75. The van der Waals surface area contributed by atoms with Crippen molar-refractivity contribution in [1.82, 2.24) is 10.2 Å². The molecule has 9 nitrogen and oxygen atoms in total. The number of carbonyl (C=O) groups is 3. The third-order valence-corrected chi connectivity index (χ3v) is 5.91. The molecule has 1 fully saturated rings. The molecule has 2 aromatic carbocycles. The van der Waals surface area contributed by atoms with Gasteiger partial charge in [0, 0.05) is 11.8 Å². The summed E-state index contributed by atoms with van der Waals surface area (Å²) in [6, 6.07) is 9.82. The zero-order valence-electron chi connectivity index (χ0n) is 18.2. The first-order chi connectivity index (χ1) is 15.4. The molecule has 2 aromatic rings. The highest BCUT2D eigenvalue weighted by Gasteiger charge is 2.54. The summed E-state index contributed by atoms with van der Waals surface area (Å²) < 4.78 is 15.7. The number of fused-ring (bicyclic) bond motifs is 2. The Morgan fingerprint density at radius 2 is 1.84 bits per heavy atom. The van der Waals surface area contributed by atoms with Crippen LogP contribution in [0.25, 0.3) is 0 Å². The highest BCUT2D eigenvalue weighted by atomic mass is 16.5. The van der Waals surface area contributed by atoms with E-state index in [1.807, 2.05) is 12.1 Å². The number of nitrogens with one attached hydrogen (secondary N) is 2. The lowest BCUT2D eigenvalue weighted by atomic mass is 9.76. The smallest absolute Gasteiger partial charge is 0.325 e. The zero-order valence-corrected chi connectivity index (χ0v) is 18.2. The molecular formula is C23H25N3O6. The predicted octanol–water partition coefficient (Wildman–Crippen LogP) is 2.43. The molecule has 4 amide bonds. The van der Waals surface area contributed by atoms with Crippen molar-refractivity contribution in [3.63, 3.8) is 0 Å². The van der Waals surface area contributed by atoms with Crippen molar-refractivity contribution in [2.75, 3.05) is 33.2 Å². The molecule has 0 radical (unpaired) electrons. The SMILES string of the molecule is COc1ccc2c(c1)CCCC21NC(=O)N(CC(=O)Nc2ccc(OC)c(OC)c2)C1=O. The number of methoxy groups -OCH3 is 3. The van der Waals surface area contributed by atoms with Gasteiger partial charge < -0.3 is 24.8 Å². The second-order valence-electron chi connectivity index (χ2n) is 7.72. The standard InChI is InChI=1S/C23H25N3O6/c1-30-16-7-8-17-14(11-16)5-4-10-23(17)21(28)26(22(29)25-23)13-20(27)24-15-6-9-18(31-2)19(12-15)32-3/h6-9,11-12H,4-5,10,13H2,1-3H3,(H,24,27)(H,25,29). The van der Waals surface area contributed by atoms with Gasteiger partial charge in [0.25, 0.3) is 5.91 Å². The molecule has 1 spiro atoms. The average Bonchev–Trinajstić information content (AvgIpc) is 3.03. The minimum atomic E-state index is -1.15. The first kappa shape index (κ1) is 21.5. The molecule has 1 aliphatic heterocycles. The van der Waals surface area contributed by atoms with Crippen LogP contribution in [0.1, 0.15) is 24.0 Å². The number of amides is 4. The molecule has 1 unspecified atom stereocenters. The summed E-state index contributed by atoms with van der Waals surface area (Å²) >= 11 is 0. The van der Waals surface area contributed by atoms with E-state index in [1.54, 1.807) is 31.4 Å². The van der Waals surface area contributed by atoms with Crippen LogP contribution in [-0.4, -0.2) is 50.6 Å². The lowest BCUT2D eigenvalue weighted by Gasteiger charge is -2.33. The highest BCUT2D eigenvalue weighted by Crippen LogP contribution is 2.41. The average molecular weight is 439 g/mol. The second kappa shape index (κ2) is 8.41. The molecule has 2 N–H and O–H groups in total. The number of nitrogens with zero attached hydrogens (tertiary/aromatic N) is 1. The van der Waals surface area contributed by atoms with E-state index >= 15 is 0 Å². The number of urea groups is 1. The van der Waals surface area contributed by atoms with Crippen molar-refractivity contribution in [3.05, 3.63) is 47.5 Å². The molecule has 0 bridgehead atoms. The fraction of sp³-hybridized carbons (Fsp3) is 0.348. The molecule has 1 aliphatic carbocycles. The fourth-order valence-electron chi connectivity index (χ4n) is 4.38. The number of imide groups is 1. The van der Waals surface area contributed by atoms with Crippen molar-refractivity contribution in [2.45, 2.75) is 24.8 Å². The quantitative estimate of drug-likeness (QED) is 0.670. The van der Waals surface area contributed by atoms with Crippen LogP contribution in [-0.2, 0) is 21.5 Å². The molecule has 4 rings (SSSR count). The van der Waals surface area contributed by atoms with E-state index < -0.39 is 29.9 Å². The van der Waals surface area contributed by atoms with Gasteiger partial charge >= 0.3 is 6.03 Å². The Morgan fingerprint density at radius 1 is 1.06 bits per heavy atom. The minimum absolute atomic E-state index is 0.397. The van der Waals surface area contributed by atoms with E-state index in [0.717, 1.165) is 28.9 Å². The van der Waals surface area contributed by atoms with Crippen LogP contribution in [0.5, 0.6) is 17.2 Å². The first-order valence-corrected chi connectivity index (χ1v) is 10.2. The van der Waals surface area contributed by atoms with Crippen LogP contribution in [0.2, 0.25) is 0 Å². The van der Waals surface area contributed by atoms with E-state index in [9.17, 15) is 14.4 Å². The van der Waals surface area contributed by atoms with E-state index in [1.165, 1.54) is 14.2 Å². The normalized spacial score (nSPS) is 19.4. The molecule has 1 heterocycles. The zero-order chi connectivity index (χ0) is 22.9. The molecule has 0 aromatic heterocycles. The van der Waals surface area contributed by atoms with Gasteiger partial charge in [-0.15, -0.1) is 0 Å². The summed E-state index contributed by atoms with van der Waals surface area (Å²) in [5.41, 5.74) is 1.02. The van der Waals surface area contributed by atoms with Crippen LogP contribution in [0, 0.1) is 0 Å². The van der Waals surface area contributed by atoms with Gasteiger partial charge in [0.2, 0.25) is 5.91 Å². The van der Waals surface area contributed by atoms with Crippen LogP contribution >= 0.6 is 0 Å². The maximum absolute atomic E-state index is 13.4. The summed E-state index contributed by atoms with van der Waals surface area (Å²) in [7, 11) is 4.60. The predicted molar refractivity (Wildman–Crippen MR) is 116 cm³/mol. The number of carbonyl (C=O) groups excluding carboxylic acids is 3. The van der Waals surface area contributed by atoms with Crippen LogP contribution in [0.3, 0.4) is 0 Å². The maximum Gasteiger partial charge on any atom is 0.325 e. The fourth-order valence-corrected chi connectivity index (χ4v) is 4.38. The number of rotatable bonds is 6. The van der Waals surface area contributed by atoms with E-state index in [4.69, 9.17) is 14.2 Å². The lowest BCUT2D eigenvalue weighted by Crippen LogP contribution is -2.47. The second-order valence-corrected chi connectivity index (χ2v) is 7.72. The Kier molecular flexibility index (Phi) is 5.65. The van der Waals surface area contributed by atoms with Gasteiger partial charge in [-0.05, 0) is 54.7 Å². The van der Waals surface area contributed by atoms with Crippen molar-refractivity contribution in [3.8, 4) is 17.2 Å². The topological polar surface area (TPSA) is 106 Å². The summed E-state index contributed by atoms with van der Waals surface area (Å²) in [6.07, 6.45) is 2.00. The van der Waals surface area contributed by atoms with Gasteiger partial charge in [0.15, 0.2) is 11.5 Å². The Bertz CT molecular complexity index is 1090. The third-order valence-electron chi connectivity index (χ3n) is 5.91. The molecule has 9 heteroatoms. The Morgan fingerprint density at radius 3 is 2.56 bits per heavy atom. The number of hydrogen-bond donors (Lipinski definition) is 2. The molecule has 32 heavy (non-hydrogen) atoms. The number of hydrogen-bond acceptors (Lipinski definition) is 6. The highest BCUT2D eigenvalue weighted by molar-refractivity contribution is 6.10. The van der Waals surface area contributed by atoms with Crippen molar-refractivity contribution >= 4 is 23.5 Å². The van der Waals surface area contributed by atoms with Crippen LogP contribution in [0.15, 0.2) is 36.4 Å². The molecule has 0 saturated carbocycles. The number of anilines is 1. The molecule has 1 atom stereocenters. The van der Waals surface area contributed by atoms with Crippen LogP contribution in [0.4, 0.5) is 10.5 Å². The molecule has 2 aliphatic rings. The van der Waals surface area contributed by atoms with Gasteiger partial charge in [-0.3, -0.25) is 14.5 Å². The van der Waals surface area contributed by atoms with E-state index in [2.05, 4.69) is 10.6 Å². The van der Waals surface area contributed by atoms with E-state index in [0.29, 0.717) is 29.4 Å². The maximum atomic E-state index is 13.4. The first-order valence-electron chi connectivity index (χ1n) is 10.2. The third kappa shape index (κ3) is 3.59. The van der Waals surface area contributed by atoms with Gasteiger partial charge in [0.05, 0.1) is 21.3 Å². The summed E-state index contributed by atoms with van der Waals surface area (Å²) in [5, 5.41) is 5.54. The molecule has 1 saturated heterocycles. The van der Waals surface area contributed by atoms with Crippen molar-refractivity contribution in [1.29, 1.82) is 0 Å².